The number of benzene rings is 1. The molecule has 19 heavy (non-hydrogen) atoms. The highest BCUT2D eigenvalue weighted by Crippen LogP contribution is 2.15. The van der Waals surface area contributed by atoms with E-state index in [0.29, 0.717) is 12.5 Å². The van der Waals surface area contributed by atoms with Gasteiger partial charge in [-0.15, -0.1) is 0 Å². The van der Waals surface area contributed by atoms with Crippen LogP contribution in [0, 0.1) is 5.82 Å². The molecular formula is C16H19FN2. The molecule has 2 nitrogen and oxygen atoms in total. The van der Waals surface area contributed by atoms with Gasteiger partial charge in [-0.3, -0.25) is 4.98 Å². The lowest BCUT2D eigenvalue weighted by Crippen LogP contribution is -2.22. The van der Waals surface area contributed by atoms with Gasteiger partial charge in [-0.2, -0.15) is 0 Å². The predicted octanol–water partition coefficient (Wildman–Crippen LogP) is 3.31. The monoisotopic (exact) mass is 258 g/mol. The van der Waals surface area contributed by atoms with Crippen molar-refractivity contribution >= 4 is 0 Å². The van der Waals surface area contributed by atoms with Crippen LogP contribution in [0.2, 0.25) is 0 Å². The Hall–Kier alpha value is -1.74. The third-order valence-corrected chi connectivity index (χ3v) is 2.97. The molecule has 1 N–H and O–H groups in total. The van der Waals surface area contributed by atoms with Gasteiger partial charge in [0.1, 0.15) is 5.82 Å². The number of rotatable bonds is 5. The molecule has 1 aromatic carbocycles. The van der Waals surface area contributed by atoms with E-state index in [4.69, 9.17) is 0 Å². The van der Waals surface area contributed by atoms with Crippen LogP contribution in [-0.2, 0) is 13.0 Å². The molecule has 0 fully saturated rings. The summed E-state index contributed by atoms with van der Waals surface area (Å²) in [5.74, 6) is -0.195. The summed E-state index contributed by atoms with van der Waals surface area (Å²) in [4.78, 5) is 4.30. The fraction of sp³-hybridized carbons (Fsp3) is 0.312. The minimum absolute atomic E-state index is 0.195. The Morgan fingerprint density at radius 2 is 2.00 bits per heavy atom. The maximum absolute atomic E-state index is 13.4. The van der Waals surface area contributed by atoms with E-state index in [1.807, 2.05) is 24.3 Å². The zero-order valence-electron chi connectivity index (χ0n) is 11.4. The minimum Gasteiger partial charge on any atom is -0.310 e. The second-order valence-corrected chi connectivity index (χ2v) is 4.95. The summed E-state index contributed by atoms with van der Waals surface area (Å²) in [5.41, 5.74) is 3.08. The largest absolute Gasteiger partial charge is 0.310 e. The second-order valence-electron chi connectivity index (χ2n) is 4.95. The van der Waals surface area contributed by atoms with Crippen LogP contribution in [0.5, 0.6) is 0 Å². The fourth-order valence-electron chi connectivity index (χ4n) is 1.94. The van der Waals surface area contributed by atoms with Gasteiger partial charge in [0.05, 0.1) is 0 Å². The van der Waals surface area contributed by atoms with Gasteiger partial charge in [0.15, 0.2) is 0 Å². The molecule has 0 aliphatic carbocycles. The molecule has 0 amide bonds. The average molecular weight is 258 g/mol. The highest BCUT2D eigenvalue weighted by atomic mass is 19.1. The first-order valence-electron chi connectivity index (χ1n) is 6.56. The lowest BCUT2D eigenvalue weighted by molar-refractivity contribution is 0.583. The van der Waals surface area contributed by atoms with E-state index < -0.39 is 0 Å². The SMILES string of the molecule is CC(C)NCc1ccc(F)cc1Cc1ccccn1. The van der Waals surface area contributed by atoms with Gasteiger partial charge in [-0.1, -0.05) is 26.0 Å². The molecule has 0 saturated heterocycles. The fourth-order valence-corrected chi connectivity index (χ4v) is 1.94. The van der Waals surface area contributed by atoms with E-state index in [9.17, 15) is 4.39 Å². The third kappa shape index (κ3) is 4.14. The average Bonchev–Trinajstić information content (AvgIpc) is 2.39. The van der Waals surface area contributed by atoms with Crippen molar-refractivity contribution in [3.8, 4) is 0 Å². The van der Waals surface area contributed by atoms with Crippen molar-refractivity contribution in [2.75, 3.05) is 0 Å². The summed E-state index contributed by atoms with van der Waals surface area (Å²) in [5, 5.41) is 3.36. The quantitative estimate of drug-likeness (QED) is 0.890. The molecule has 1 aromatic heterocycles. The second kappa shape index (κ2) is 6.43. The maximum atomic E-state index is 13.4. The summed E-state index contributed by atoms with van der Waals surface area (Å²) in [6, 6.07) is 11.2. The molecule has 3 heteroatoms. The van der Waals surface area contributed by atoms with E-state index in [1.54, 1.807) is 12.3 Å². The Labute approximate surface area is 113 Å². The lowest BCUT2D eigenvalue weighted by atomic mass is 10.0. The summed E-state index contributed by atoms with van der Waals surface area (Å²) in [6.45, 7) is 4.95. The van der Waals surface area contributed by atoms with E-state index in [1.165, 1.54) is 6.07 Å². The number of hydrogen-bond donors (Lipinski definition) is 1. The molecule has 0 saturated carbocycles. The van der Waals surface area contributed by atoms with Crippen LogP contribution >= 0.6 is 0 Å². The van der Waals surface area contributed by atoms with E-state index in [0.717, 1.165) is 23.4 Å². The topological polar surface area (TPSA) is 24.9 Å². The van der Waals surface area contributed by atoms with E-state index in [2.05, 4.69) is 24.1 Å². The smallest absolute Gasteiger partial charge is 0.123 e. The predicted molar refractivity (Wildman–Crippen MR) is 75.4 cm³/mol. The van der Waals surface area contributed by atoms with Gasteiger partial charge in [-0.25, -0.2) is 4.39 Å². The number of pyridine rings is 1. The van der Waals surface area contributed by atoms with Crippen LogP contribution in [0.15, 0.2) is 42.6 Å². The molecule has 1 heterocycles. The normalized spacial score (nSPS) is 10.9. The highest BCUT2D eigenvalue weighted by Gasteiger charge is 2.06. The molecule has 0 aliphatic rings. The Morgan fingerprint density at radius 3 is 2.68 bits per heavy atom. The standard InChI is InChI=1S/C16H19FN2/c1-12(2)19-11-13-6-7-15(17)9-14(13)10-16-5-3-4-8-18-16/h3-9,12,19H,10-11H2,1-2H3. The summed E-state index contributed by atoms with van der Waals surface area (Å²) >= 11 is 0. The molecule has 2 rings (SSSR count). The van der Waals surface area contributed by atoms with Crippen LogP contribution in [0.3, 0.4) is 0 Å². The zero-order valence-corrected chi connectivity index (χ0v) is 11.4. The van der Waals surface area contributed by atoms with Crippen LogP contribution in [0.25, 0.3) is 0 Å². The van der Waals surface area contributed by atoms with Crippen molar-refractivity contribution in [3.05, 3.63) is 65.2 Å². The first-order valence-corrected chi connectivity index (χ1v) is 6.56. The van der Waals surface area contributed by atoms with Gasteiger partial charge in [0.25, 0.3) is 0 Å². The van der Waals surface area contributed by atoms with Gasteiger partial charge < -0.3 is 5.32 Å². The summed E-state index contributed by atoms with van der Waals surface area (Å²) < 4.78 is 13.4. The first-order chi connectivity index (χ1) is 9.15. The lowest BCUT2D eigenvalue weighted by Gasteiger charge is -2.12. The molecule has 0 aliphatic heterocycles. The first kappa shape index (κ1) is 13.7. The Kier molecular flexibility index (Phi) is 4.63. The molecule has 2 aromatic rings. The summed E-state index contributed by atoms with van der Waals surface area (Å²) in [7, 11) is 0. The molecule has 0 bridgehead atoms. The number of halogens is 1. The van der Waals surface area contributed by atoms with Crippen LogP contribution in [-0.4, -0.2) is 11.0 Å². The van der Waals surface area contributed by atoms with Gasteiger partial charge >= 0.3 is 0 Å². The number of aromatic nitrogens is 1. The van der Waals surface area contributed by atoms with Gasteiger partial charge in [0, 0.05) is 30.9 Å². The minimum atomic E-state index is -0.195. The van der Waals surface area contributed by atoms with Crippen molar-refractivity contribution in [2.24, 2.45) is 0 Å². The molecule has 100 valence electrons. The Morgan fingerprint density at radius 1 is 1.16 bits per heavy atom. The number of nitrogens with one attached hydrogen (secondary N) is 1. The van der Waals surface area contributed by atoms with Crippen LogP contribution in [0.4, 0.5) is 4.39 Å². The van der Waals surface area contributed by atoms with E-state index in [-0.39, 0.29) is 5.82 Å². The third-order valence-electron chi connectivity index (χ3n) is 2.97. The van der Waals surface area contributed by atoms with Crippen LogP contribution in [0.1, 0.15) is 30.7 Å². The molecule has 0 spiro atoms. The Bertz CT molecular complexity index is 524. The van der Waals surface area contributed by atoms with Gasteiger partial charge in [0.2, 0.25) is 0 Å². The van der Waals surface area contributed by atoms with Crippen LogP contribution < -0.4 is 5.32 Å². The van der Waals surface area contributed by atoms with Crippen molar-refractivity contribution in [1.29, 1.82) is 0 Å². The van der Waals surface area contributed by atoms with Crippen molar-refractivity contribution < 1.29 is 4.39 Å². The van der Waals surface area contributed by atoms with E-state index >= 15 is 0 Å². The number of hydrogen-bond acceptors (Lipinski definition) is 2. The molecule has 0 radical (unpaired) electrons. The molecule has 0 atom stereocenters. The van der Waals surface area contributed by atoms with Crippen molar-refractivity contribution in [2.45, 2.75) is 32.9 Å². The zero-order chi connectivity index (χ0) is 13.7. The highest BCUT2D eigenvalue weighted by molar-refractivity contribution is 5.31. The summed E-state index contributed by atoms with van der Waals surface area (Å²) in [6.07, 6.45) is 2.42. The molecule has 0 unspecified atom stereocenters. The van der Waals surface area contributed by atoms with Crippen molar-refractivity contribution in [3.63, 3.8) is 0 Å². The molecular weight excluding hydrogens is 239 g/mol. The van der Waals surface area contributed by atoms with Gasteiger partial charge in [-0.05, 0) is 35.4 Å². The number of nitrogens with zero attached hydrogens (tertiary/aromatic N) is 1. The van der Waals surface area contributed by atoms with Crippen molar-refractivity contribution in [1.82, 2.24) is 10.3 Å². The maximum Gasteiger partial charge on any atom is 0.123 e. The Balaban J connectivity index is 2.19.